The summed E-state index contributed by atoms with van der Waals surface area (Å²) in [5, 5.41) is 13.0. The standard InChI is InChI=1S/C9H13ClN2O2/c1-3-5-6-7(10)8(9(13)14)11-12(6)4-2/h3-5H2,1-2H3,(H,13,14). The van der Waals surface area contributed by atoms with E-state index < -0.39 is 5.97 Å². The molecule has 0 aromatic carbocycles. The van der Waals surface area contributed by atoms with Crippen molar-refractivity contribution < 1.29 is 9.90 Å². The molecular weight excluding hydrogens is 204 g/mol. The zero-order chi connectivity index (χ0) is 10.7. The van der Waals surface area contributed by atoms with Gasteiger partial charge in [-0.25, -0.2) is 4.79 Å². The van der Waals surface area contributed by atoms with Gasteiger partial charge in [-0.15, -0.1) is 0 Å². The molecule has 0 aliphatic rings. The molecule has 1 rings (SSSR count). The van der Waals surface area contributed by atoms with Crippen molar-refractivity contribution in [1.29, 1.82) is 0 Å². The predicted molar refractivity (Wildman–Crippen MR) is 53.9 cm³/mol. The minimum Gasteiger partial charge on any atom is -0.476 e. The molecule has 14 heavy (non-hydrogen) atoms. The van der Waals surface area contributed by atoms with E-state index in [-0.39, 0.29) is 10.7 Å². The highest BCUT2D eigenvalue weighted by atomic mass is 35.5. The van der Waals surface area contributed by atoms with Crippen LogP contribution in [0.4, 0.5) is 0 Å². The average Bonchev–Trinajstić information content (AvgIpc) is 2.45. The minimum absolute atomic E-state index is 0.0445. The fraction of sp³-hybridized carbons (Fsp3) is 0.556. The van der Waals surface area contributed by atoms with Crippen molar-refractivity contribution in [2.75, 3.05) is 0 Å². The van der Waals surface area contributed by atoms with Gasteiger partial charge < -0.3 is 5.11 Å². The Balaban J connectivity index is 3.18. The molecule has 0 bridgehead atoms. The summed E-state index contributed by atoms with van der Waals surface area (Å²) in [5.74, 6) is -1.07. The maximum absolute atomic E-state index is 10.7. The average molecular weight is 217 g/mol. The monoisotopic (exact) mass is 216 g/mol. The highest BCUT2D eigenvalue weighted by molar-refractivity contribution is 6.33. The fourth-order valence-electron chi connectivity index (χ4n) is 1.35. The predicted octanol–water partition coefficient (Wildman–Crippen LogP) is 2.21. The Labute approximate surface area is 87.5 Å². The van der Waals surface area contributed by atoms with E-state index in [1.54, 1.807) is 4.68 Å². The van der Waals surface area contributed by atoms with Gasteiger partial charge >= 0.3 is 5.97 Å². The molecule has 0 aliphatic carbocycles. The zero-order valence-electron chi connectivity index (χ0n) is 8.25. The van der Waals surface area contributed by atoms with Gasteiger partial charge in [-0.3, -0.25) is 4.68 Å². The molecule has 0 saturated heterocycles. The van der Waals surface area contributed by atoms with Crippen LogP contribution in [0.5, 0.6) is 0 Å². The topological polar surface area (TPSA) is 55.1 Å². The lowest BCUT2D eigenvalue weighted by atomic mass is 10.2. The second kappa shape index (κ2) is 4.46. The first-order valence-corrected chi connectivity index (χ1v) is 4.98. The van der Waals surface area contributed by atoms with E-state index in [0.717, 1.165) is 18.5 Å². The SMILES string of the molecule is CCCc1c(Cl)c(C(=O)O)nn1CC. The molecule has 0 aliphatic heterocycles. The molecule has 1 aromatic rings. The van der Waals surface area contributed by atoms with Crippen LogP contribution in [0.3, 0.4) is 0 Å². The van der Waals surface area contributed by atoms with Crippen molar-refractivity contribution in [3.8, 4) is 0 Å². The molecular formula is C9H13ClN2O2. The van der Waals surface area contributed by atoms with E-state index in [2.05, 4.69) is 5.10 Å². The van der Waals surface area contributed by atoms with Crippen molar-refractivity contribution in [2.24, 2.45) is 0 Å². The van der Waals surface area contributed by atoms with Gasteiger partial charge in [-0.2, -0.15) is 5.10 Å². The number of carbonyl (C=O) groups is 1. The van der Waals surface area contributed by atoms with Crippen LogP contribution < -0.4 is 0 Å². The highest BCUT2D eigenvalue weighted by Crippen LogP contribution is 2.22. The van der Waals surface area contributed by atoms with E-state index in [1.165, 1.54) is 0 Å². The lowest BCUT2D eigenvalue weighted by Gasteiger charge is -2.02. The molecule has 0 fully saturated rings. The van der Waals surface area contributed by atoms with Crippen molar-refractivity contribution >= 4 is 17.6 Å². The van der Waals surface area contributed by atoms with Crippen LogP contribution in [-0.4, -0.2) is 20.9 Å². The van der Waals surface area contributed by atoms with Gasteiger partial charge in [0.05, 0.1) is 10.7 Å². The normalized spacial score (nSPS) is 10.5. The molecule has 0 amide bonds. The summed E-state index contributed by atoms with van der Waals surface area (Å²) in [5.41, 5.74) is 0.769. The first kappa shape index (κ1) is 11.0. The van der Waals surface area contributed by atoms with Crippen LogP contribution >= 0.6 is 11.6 Å². The third-order valence-electron chi connectivity index (χ3n) is 1.98. The second-order valence-electron chi connectivity index (χ2n) is 2.98. The smallest absolute Gasteiger partial charge is 0.357 e. The molecule has 1 heterocycles. The number of nitrogens with zero attached hydrogens (tertiary/aromatic N) is 2. The van der Waals surface area contributed by atoms with Gasteiger partial charge in [-0.05, 0) is 13.3 Å². The van der Waals surface area contributed by atoms with Gasteiger partial charge in [-0.1, -0.05) is 24.9 Å². The molecule has 78 valence electrons. The number of rotatable bonds is 4. The minimum atomic E-state index is -1.07. The number of hydrogen-bond acceptors (Lipinski definition) is 2. The van der Waals surface area contributed by atoms with E-state index in [1.807, 2.05) is 13.8 Å². The van der Waals surface area contributed by atoms with Crippen LogP contribution in [-0.2, 0) is 13.0 Å². The summed E-state index contributed by atoms with van der Waals surface area (Å²) in [6.45, 7) is 4.57. The van der Waals surface area contributed by atoms with E-state index in [0.29, 0.717) is 6.54 Å². The molecule has 1 aromatic heterocycles. The molecule has 0 spiro atoms. The number of hydrogen-bond donors (Lipinski definition) is 1. The first-order valence-electron chi connectivity index (χ1n) is 4.60. The Morgan fingerprint density at radius 2 is 2.21 bits per heavy atom. The molecule has 0 radical (unpaired) electrons. The van der Waals surface area contributed by atoms with Crippen molar-refractivity contribution in [3.63, 3.8) is 0 Å². The number of halogens is 1. The van der Waals surface area contributed by atoms with Crippen molar-refractivity contribution in [3.05, 3.63) is 16.4 Å². The van der Waals surface area contributed by atoms with Crippen molar-refractivity contribution in [1.82, 2.24) is 9.78 Å². The van der Waals surface area contributed by atoms with Gasteiger partial charge in [0.1, 0.15) is 0 Å². The third kappa shape index (κ3) is 1.90. The number of aryl methyl sites for hydroxylation is 1. The Morgan fingerprint density at radius 3 is 2.64 bits per heavy atom. The Kier molecular flexibility index (Phi) is 3.52. The van der Waals surface area contributed by atoms with Gasteiger partial charge in [0, 0.05) is 6.54 Å². The maximum atomic E-state index is 10.7. The largest absolute Gasteiger partial charge is 0.476 e. The Hall–Kier alpha value is -1.03. The maximum Gasteiger partial charge on any atom is 0.357 e. The highest BCUT2D eigenvalue weighted by Gasteiger charge is 2.19. The van der Waals surface area contributed by atoms with Crippen LogP contribution in [0.15, 0.2) is 0 Å². The van der Waals surface area contributed by atoms with E-state index >= 15 is 0 Å². The molecule has 1 N–H and O–H groups in total. The van der Waals surface area contributed by atoms with E-state index in [4.69, 9.17) is 16.7 Å². The van der Waals surface area contributed by atoms with Crippen molar-refractivity contribution in [2.45, 2.75) is 33.2 Å². The fourth-order valence-corrected chi connectivity index (χ4v) is 1.66. The summed E-state index contributed by atoms with van der Waals surface area (Å²) in [6, 6.07) is 0. The summed E-state index contributed by atoms with van der Waals surface area (Å²) >= 11 is 5.92. The van der Waals surface area contributed by atoms with Crippen LogP contribution in [0.1, 0.15) is 36.5 Å². The van der Waals surface area contributed by atoms with Gasteiger partial charge in [0.15, 0.2) is 5.69 Å². The Morgan fingerprint density at radius 1 is 1.57 bits per heavy atom. The lowest BCUT2D eigenvalue weighted by molar-refractivity contribution is 0.0689. The lowest BCUT2D eigenvalue weighted by Crippen LogP contribution is -2.03. The van der Waals surface area contributed by atoms with Crippen LogP contribution in [0.25, 0.3) is 0 Å². The summed E-state index contributed by atoms with van der Waals surface area (Å²) in [7, 11) is 0. The molecule has 4 nitrogen and oxygen atoms in total. The first-order chi connectivity index (χ1) is 6.61. The van der Waals surface area contributed by atoms with Gasteiger partial charge in [0.25, 0.3) is 0 Å². The molecule has 0 unspecified atom stereocenters. The number of aromatic carboxylic acids is 1. The molecule has 0 saturated carbocycles. The zero-order valence-corrected chi connectivity index (χ0v) is 9.01. The summed E-state index contributed by atoms with van der Waals surface area (Å²) < 4.78 is 1.65. The molecule has 0 atom stereocenters. The van der Waals surface area contributed by atoms with Crippen LogP contribution in [0.2, 0.25) is 5.02 Å². The Bertz CT molecular complexity index is 347. The molecule has 5 heteroatoms. The summed E-state index contributed by atoms with van der Waals surface area (Å²) in [4.78, 5) is 10.7. The third-order valence-corrected chi connectivity index (χ3v) is 2.38. The van der Waals surface area contributed by atoms with E-state index in [9.17, 15) is 4.79 Å². The van der Waals surface area contributed by atoms with Gasteiger partial charge in [0.2, 0.25) is 0 Å². The number of aromatic nitrogens is 2. The number of carboxylic acids is 1. The van der Waals surface area contributed by atoms with Crippen LogP contribution in [0, 0.1) is 0 Å². The second-order valence-corrected chi connectivity index (χ2v) is 3.36. The summed E-state index contributed by atoms with van der Waals surface area (Å²) in [6.07, 6.45) is 1.68. The quantitative estimate of drug-likeness (QED) is 0.840. The number of carboxylic acid groups (broad SMARTS) is 1.